The van der Waals surface area contributed by atoms with Gasteiger partial charge in [-0.05, 0) is 23.8 Å². The van der Waals surface area contributed by atoms with Crippen molar-refractivity contribution < 1.29 is 9.53 Å². The van der Waals surface area contributed by atoms with Gasteiger partial charge in [0.15, 0.2) is 5.82 Å². The molecule has 1 aliphatic rings. The number of fused-ring (bicyclic) bond motifs is 1. The average Bonchev–Trinajstić information content (AvgIpc) is 3.19. The van der Waals surface area contributed by atoms with E-state index in [4.69, 9.17) is 4.74 Å². The summed E-state index contributed by atoms with van der Waals surface area (Å²) in [5, 5.41) is 13.5. The van der Waals surface area contributed by atoms with Gasteiger partial charge in [0.2, 0.25) is 0 Å². The number of aromatic nitrogens is 3. The molecular weight excluding hydrogens is 346 g/mol. The van der Waals surface area contributed by atoms with Crippen LogP contribution in [0, 0.1) is 11.3 Å². The topological polar surface area (TPSA) is 93.2 Å². The molecule has 2 heterocycles. The van der Waals surface area contributed by atoms with Crippen molar-refractivity contribution in [3.05, 3.63) is 76.0 Å². The minimum absolute atomic E-state index is 0.134. The van der Waals surface area contributed by atoms with E-state index in [-0.39, 0.29) is 13.1 Å². The molecule has 0 unspecified atom stereocenters. The second-order valence-corrected chi connectivity index (χ2v) is 6.03. The third kappa shape index (κ3) is 2.75. The first-order valence-corrected chi connectivity index (χ1v) is 8.25. The van der Waals surface area contributed by atoms with E-state index in [1.807, 2.05) is 0 Å². The van der Waals surface area contributed by atoms with Gasteiger partial charge in [-0.15, -0.1) is 0 Å². The van der Waals surface area contributed by atoms with Gasteiger partial charge in [-0.2, -0.15) is 14.9 Å². The third-order valence-corrected chi connectivity index (χ3v) is 4.45. The van der Waals surface area contributed by atoms with Crippen LogP contribution in [0.3, 0.4) is 0 Å². The van der Waals surface area contributed by atoms with Crippen LogP contribution in [0.2, 0.25) is 0 Å². The Morgan fingerprint density at radius 3 is 2.74 bits per heavy atom. The number of benzene rings is 2. The summed E-state index contributed by atoms with van der Waals surface area (Å²) < 4.78 is 7.47. The van der Waals surface area contributed by atoms with Crippen LogP contribution in [0.5, 0.6) is 5.75 Å². The molecule has 1 amide bonds. The number of amides is 1. The highest BCUT2D eigenvalue weighted by molar-refractivity contribution is 5.96. The summed E-state index contributed by atoms with van der Waals surface area (Å²) in [5.41, 5.74) is 1.26. The summed E-state index contributed by atoms with van der Waals surface area (Å²) in [4.78, 5) is 26.9. The lowest BCUT2D eigenvalue weighted by atomic mass is 10.1. The van der Waals surface area contributed by atoms with Crippen molar-refractivity contribution in [2.75, 3.05) is 12.0 Å². The number of rotatable bonds is 4. The van der Waals surface area contributed by atoms with Crippen LogP contribution in [-0.2, 0) is 13.1 Å². The monoisotopic (exact) mass is 361 g/mol. The summed E-state index contributed by atoms with van der Waals surface area (Å²) in [6.45, 7) is 0.323. The fourth-order valence-corrected chi connectivity index (χ4v) is 3.09. The fourth-order valence-electron chi connectivity index (χ4n) is 3.09. The Morgan fingerprint density at radius 2 is 2.00 bits per heavy atom. The van der Waals surface area contributed by atoms with E-state index in [0.29, 0.717) is 28.4 Å². The summed E-state index contributed by atoms with van der Waals surface area (Å²) in [7, 11) is 1.55. The minimum Gasteiger partial charge on any atom is -0.497 e. The number of carbonyl (C=O) groups excluding carboxylic acids is 1. The summed E-state index contributed by atoms with van der Waals surface area (Å²) in [5.74, 6) is 0.984. The second-order valence-electron chi connectivity index (χ2n) is 6.03. The van der Waals surface area contributed by atoms with Crippen LogP contribution in [0.4, 0.5) is 10.5 Å². The maximum absolute atomic E-state index is 12.7. The first-order chi connectivity index (χ1) is 13.1. The molecular formula is C19H15N5O3. The highest BCUT2D eigenvalue weighted by Gasteiger charge is 2.33. The molecule has 0 bridgehead atoms. The van der Waals surface area contributed by atoms with Crippen molar-refractivity contribution in [2.45, 2.75) is 13.1 Å². The normalized spacial score (nSPS) is 12.7. The SMILES string of the molecule is COc1cccc(N2Cc3nn(Cc4ccccc4C#N)c(=O)n3C2=O)c1. The lowest BCUT2D eigenvalue weighted by Gasteiger charge is -2.15. The number of methoxy groups -OCH3 is 1. The predicted molar refractivity (Wildman–Crippen MR) is 96.7 cm³/mol. The third-order valence-electron chi connectivity index (χ3n) is 4.45. The lowest BCUT2D eigenvalue weighted by molar-refractivity contribution is 0.250. The number of ether oxygens (including phenoxy) is 1. The number of nitriles is 1. The summed E-state index contributed by atoms with van der Waals surface area (Å²) in [6, 6.07) is 15.7. The van der Waals surface area contributed by atoms with Gasteiger partial charge in [-0.1, -0.05) is 24.3 Å². The molecule has 0 spiro atoms. The van der Waals surface area contributed by atoms with E-state index in [1.54, 1.807) is 55.6 Å². The van der Waals surface area contributed by atoms with E-state index in [0.717, 1.165) is 4.57 Å². The van der Waals surface area contributed by atoms with E-state index in [1.165, 1.54) is 9.58 Å². The molecule has 0 saturated carbocycles. The zero-order chi connectivity index (χ0) is 19.0. The molecule has 8 heteroatoms. The van der Waals surface area contributed by atoms with Gasteiger partial charge >= 0.3 is 11.7 Å². The molecule has 0 fully saturated rings. The Morgan fingerprint density at radius 1 is 1.19 bits per heavy atom. The quantitative estimate of drug-likeness (QED) is 0.708. The first-order valence-electron chi connectivity index (χ1n) is 8.25. The Labute approximate surface area is 154 Å². The van der Waals surface area contributed by atoms with Crippen molar-refractivity contribution in [3.8, 4) is 11.8 Å². The van der Waals surface area contributed by atoms with Crippen LogP contribution in [0.15, 0.2) is 53.3 Å². The van der Waals surface area contributed by atoms with Crippen molar-refractivity contribution in [1.82, 2.24) is 14.3 Å². The molecule has 3 aromatic rings. The molecule has 2 aromatic carbocycles. The first kappa shape index (κ1) is 16.6. The molecule has 1 aliphatic heterocycles. The van der Waals surface area contributed by atoms with Gasteiger partial charge in [0, 0.05) is 11.8 Å². The van der Waals surface area contributed by atoms with E-state index in [9.17, 15) is 14.9 Å². The van der Waals surface area contributed by atoms with Crippen molar-refractivity contribution in [1.29, 1.82) is 5.26 Å². The Balaban J connectivity index is 1.65. The minimum atomic E-state index is -0.520. The molecule has 4 rings (SSSR count). The molecule has 134 valence electrons. The molecule has 8 nitrogen and oxygen atoms in total. The number of anilines is 1. The van der Waals surface area contributed by atoms with Gasteiger partial charge in [0.25, 0.3) is 0 Å². The summed E-state index contributed by atoms with van der Waals surface area (Å²) in [6.07, 6.45) is 0. The standard InChI is InChI=1S/C19H15N5O3/c1-27-16-8-4-7-15(9-16)22-12-17-21-23(19(26)24(17)18(22)25)11-14-6-3-2-5-13(14)10-20/h2-9H,11-12H2,1H3. The van der Waals surface area contributed by atoms with Crippen LogP contribution in [0.1, 0.15) is 17.0 Å². The van der Waals surface area contributed by atoms with Gasteiger partial charge in [0.05, 0.1) is 31.8 Å². The van der Waals surface area contributed by atoms with E-state index >= 15 is 0 Å². The molecule has 1 aromatic heterocycles. The maximum atomic E-state index is 12.7. The van der Waals surface area contributed by atoms with E-state index < -0.39 is 11.7 Å². The Kier molecular flexibility index (Phi) is 3.97. The number of hydrogen-bond acceptors (Lipinski definition) is 5. The molecule has 0 saturated heterocycles. The lowest BCUT2D eigenvalue weighted by Crippen LogP contribution is -2.35. The molecule has 0 atom stereocenters. The molecule has 0 radical (unpaired) electrons. The Bertz CT molecular complexity index is 1140. The van der Waals surface area contributed by atoms with Crippen LogP contribution < -0.4 is 15.3 Å². The van der Waals surface area contributed by atoms with Gasteiger partial charge in [0.1, 0.15) is 5.75 Å². The van der Waals surface area contributed by atoms with Crippen LogP contribution in [0.25, 0.3) is 0 Å². The second kappa shape index (κ2) is 6.46. The Hall–Kier alpha value is -3.86. The van der Waals surface area contributed by atoms with Crippen molar-refractivity contribution >= 4 is 11.7 Å². The average molecular weight is 361 g/mol. The fraction of sp³-hybridized carbons (Fsp3) is 0.158. The number of hydrogen-bond donors (Lipinski definition) is 0. The van der Waals surface area contributed by atoms with Gasteiger partial charge in [-0.3, -0.25) is 4.90 Å². The molecule has 27 heavy (non-hydrogen) atoms. The molecule has 0 aliphatic carbocycles. The molecule has 0 N–H and O–H groups in total. The number of nitrogens with zero attached hydrogens (tertiary/aromatic N) is 5. The highest BCUT2D eigenvalue weighted by Crippen LogP contribution is 2.26. The van der Waals surface area contributed by atoms with Crippen LogP contribution in [-0.4, -0.2) is 27.5 Å². The predicted octanol–water partition coefficient (Wildman–Crippen LogP) is 1.96. The maximum Gasteiger partial charge on any atom is 0.354 e. The smallest absolute Gasteiger partial charge is 0.354 e. The zero-order valence-electron chi connectivity index (χ0n) is 14.5. The van der Waals surface area contributed by atoms with Gasteiger partial charge in [-0.25, -0.2) is 14.3 Å². The number of carbonyl (C=O) groups is 1. The summed E-state index contributed by atoms with van der Waals surface area (Å²) >= 11 is 0. The highest BCUT2D eigenvalue weighted by atomic mass is 16.5. The van der Waals surface area contributed by atoms with Crippen molar-refractivity contribution in [2.24, 2.45) is 0 Å². The van der Waals surface area contributed by atoms with E-state index in [2.05, 4.69) is 11.2 Å². The van der Waals surface area contributed by atoms with Crippen LogP contribution >= 0.6 is 0 Å². The van der Waals surface area contributed by atoms with Gasteiger partial charge < -0.3 is 4.74 Å². The largest absolute Gasteiger partial charge is 0.497 e. The van der Waals surface area contributed by atoms with Crippen molar-refractivity contribution in [3.63, 3.8) is 0 Å². The zero-order valence-corrected chi connectivity index (χ0v) is 14.5.